The molecule has 0 saturated carbocycles. The number of aromatic amines is 1. The summed E-state index contributed by atoms with van der Waals surface area (Å²) in [5.41, 5.74) is 1.86. The number of hydrogen-bond donors (Lipinski definition) is 1. The van der Waals surface area contributed by atoms with Gasteiger partial charge in [0.1, 0.15) is 11.6 Å². The summed E-state index contributed by atoms with van der Waals surface area (Å²) in [4.78, 5) is 25.1. The molecule has 6 heteroatoms. The standard InChI is InChI=1S/C22H27N3O3/c1-7-28-21(27)16(13-23)12-18-19(22(4,5)6)24-25(20(18)26)17-10-8-15(9-11-17)14(2)3/h8-12,14,24H,7H2,1-6H3. The molecule has 6 nitrogen and oxygen atoms in total. The van der Waals surface area contributed by atoms with E-state index in [0.29, 0.717) is 17.3 Å². The molecule has 148 valence electrons. The van der Waals surface area contributed by atoms with Crippen molar-refractivity contribution in [3.63, 3.8) is 0 Å². The molecule has 0 fully saturated rings. The van der Waals surface area contributed by atoms with E-state index < -0.39 is 11.4 Å². The van der Waals surface area contributed by atoms with E-state index in [1.54, 1.807) is 6.92 Å². The summed E-state index contributed by atoms with van der Waals surface area (Å²) in [7, 11) is 0. The number of carbonyl (C=O) groups is 1. The van der Waals surface area contributed by atoms with Gasteiger partial charge in [0, 0.05) is 5.41 Å². The molecule has 0 atom stereocenters. The van der Waals surface area contributed by atoms with Crippen molar-refractivity contribution in [2.24, 2.45) is 0 Å². The van der Waals surface area contributed by atoms with Crippen LogP contribution in [-0.2, 0) is 14.9 Å². The molecule has 1 aromatic carbocycles. The SMILES string of the molecule is CCOC(=O)C(C#N)=Cc1c(C(C)(C)C)[nH]n(-c2ccc(C(C)C)cc2)c1=O. The third kappa shape index (κ3) is 4.42. The van der Waals surface area contributed by atoms with Gasteiger partial charge in [0.2, 0.25) is 0 Å². The monoisotopic (exact) mass is 381 g/mol. The van der Waals surface area contributed by atoms with Crippen LogP contribution in [0, 0.1) is 11.3 Å². The van der Waals surface area contributed by atoms with E-state index in [1.165, 1.54) is 16.3 Å². The number of nitriles is 1. The van der Waals surface area contributed by atoms with E-state index in [0.717, 1.165) is 0 Å². The van der Waals surface area contributed by atoms with E-state index in [1.807, 2.05) is 51.1 Å². The molecule has 1 N–H and O–H groups in total. The predicted octanol–water partition coefficient (Wildman–Crippen LogP) is 4.06. The molecule has 0 unspecified atom stereocenters. The zero-order valence-corrected chi connectivity index (χ0v) is 17.3. The quantitative estimate of drug-likeness (QED) is 0.481. The minimum Gasteiger partial charge on any atom is -0.462 e. The first kappa shape index (κ1) is 21.2. The number of rotatable bonds is 5. The molecule has 28 heavy (non-hydrogen) atoms. The van der Waals surface area contributed by atoms with Gasteiger partial charge in [0.25, 0.3) is 5.56 Å². The number of hydrogen-bond acceptors (Lipinski definition) is 4. The predicted molar refractivity (Wildman–Crippen MR) is 109 cm³/mol. The summed E-state index contributed by atoms with van der Waals surface area (Å²) < 4.78 is 6.35. The Morgan fingerprint density at radius 3 is 2.36 bits per heavy atom. The molecule has 0 saturated heterocycles. The first-order chi connectivity index (χ1) is 13.1. The zero-order valence-electron chi connectivity index (χ0n) is 17.3. The number of H-pyrrole nitrogens is 1. The van der Waals surface area contributed by atoms with Crippen LogP contribution in [0.1, 0.15) is 64.3 Å². The van der Waals surface area contributed by atoms with E-state index in [9.17, 15) is 14.9 Å². The molecule has 1 aromatic heterocycles. The van der Waals surface area contributed by atoms with Crippen LogP contribution in [0.3, 0.4) is 0 Å². The molecule has 2 rings (SSSR count). The zero-order chi connectivity index (χ0) is 21.1. The van der Waals surface area contributed by atoms with Crippen LogP contribution in [0.4, 0.5) is 0 Å². The highest BCUT2D eigenvalue weighted by Gasteiger charge is 2.25. The van der Waals surface area contributed by atoms with Crippen LogP contribution < -0.4 is 5.56 Å². The lowest BCUT2D eigenvalue weighted by molar-refractivity contribution is -0.137. The molecular formula is C22H27N3O3. The van der Waals surface area contributed by atoms with Gasteiger partial charge in [-0.15, -0.1) is 0 Å². The molecule has 0 amide bonds. The molecule has 0 aliphatic heterocycles. The van der Waals surface area contributed by atoms with Crippen LogP contribution in [0.2, 0.25) is 0 Å². The number of nitrogens with one attached hydrogen (secondary N) is 1. The number of benzene rings is 1. The Balaban J connectivity index is 2.65. The van der Waals surface area contributed by atoms with Crippen LogP contribution in [0.5, 0.6) is 0 Å². The average Bonchev–Trinajstić information content (AvgIpc) is 2.96. The minimum absolute atomic E-state index is 0.156. The number of esters is 1. The highest BCUT2D eigenvalue weighted by molar-refractivity contribution is 5.98. The van der Waals surface area contributed by atoms with Crippen LogP contribution >= 0.6 is 0 Å². The van der Waals surface area contributed by atoms with Crippen molar-refractivity contribution >= 4 is 12.0 Å². The number of nitrogens with zero attached hydrogens (tertiary/aromatic N) is 2. The van der Waals surface area contributed by atoms with Gasteiger partial charge >= 0.3 is 5.97 Å². The summed E-state index contributed by atoms with van der Waals surface area (Å²) in [6, 6.07) is 9.56. The highest BCUT2D eigenvalue weighted by atomic mass is 16.5. The Bertz CT molecular complexity index is 978. The lowest BCUT2D eigenvalue weighted by atomic mass is 9.89. The smallest absolute Gasteiger partial charge is 0.348 e. The van der Waals surface area contributed by atoms with Crippen molar-refractivity contribution in [2.75, 3.05) is 6.61 Å². The average molecular weight is 381 g/mol. The molecule has 0 aliphatic carbocycles. The van der Waals surface area contributed by atoms with E-state index in [4.69, 9.17) is 4.74 Å². The second-order valence-electron chi connectivity index (χ2n) is 7.93. The first-order valence-electron chi connectivity index (χ1n) is 9.34. The van der Waals surface area contributed by atoms with Crippen LogP contribution in [0.25, 0.3) is 11.8 Å². The number of aromatic nitrogens is 2. The summed E-state index contributed by atoms with van der Waals surface area (Å²) in [6.45, 7) is 11.9. The maximum atomic E-state index is 13.1. The van der Waals surface area contributed by atoms with Gasteiger partial charge in [-0.25, -0.2) is 9.48 Å². The maximum absolute atomic E-state index is 13.1. The molecule has 0 radical (unpaired) electrons. The topological polar surface area (TPSA) is 87.9 Å². The second-order valence-corrected chi connectivity index (χ2v) is 7.93. The van der Waals surface area contributed by atoms with Crippen LogP contribution in [-0.4, -0.2) is 22.4 Å². The Kier molecular flexibility index (Phi) is 6.30. The highest BCUT2D eigenvalue weighted by Crippen LogP contribution is 2.25. The molecule has 1 heterocycles. The lowest BCUT2D eigenvalue weighted by Crippen LogP contribution is -2.17. The number of ether oxygens (including phenoxy) is 1. The molecule has 2 aromatic rings. The third-order valence-electron chi connectivity index (χ3n) is 4.40. The summed E-state index contributed by atoms with van der Waals surface area (Å²) in [6.07, 6.45) is 1.32. The Hall–Kier alpha value is -3.07. The van der Waals surface area contributed by atoms with Gasteiger partial charge in [0.05, 0.1) is 23.6 Å². The fraction of sp³-hybridized carbons (Fsp3) is 0.409. The van der Waals surface area contributed by atoms with Crippen molar-refractivity contribution in [1.29, 1.82) is 5.26 Å². The van der Waals surface area contributed by atoms with Gasteiger partial charge in [-0.05, 0) is 36.6 Å². The summed E-state index contributed by atoms with van der Waals surface area (Å²) in [5.74, 6) is -0.348. The van der Waals surface area contributed by atoms with Crippen molar-refractivity contribution in [3.05, 3.63) is 57.0 Å². The lowest BCUT2D eigenvalue weighted by Gasteiger charge is -2.17. The van der Waals surface area contributed by atoms with Gasteiger partial charge in [-0.1, -0.05) is 46.8 Å². The van der Waals surface area contributed by atoms with Gasteiger partial charge in [-0.3, -0.25) is 9.89 Å². The van der Waals surface area contributed by atoms with Crippen molar-refractivity contribution in [3.8, 4) is 11.8 Å². The van der Waals surface area contributed by atoms with Crippen LogP contribution in [0.15, 0.2) is 34.6 Å². The summed E-state index contributed by atoms with van der Waals surface area (Å²) in [5, 5.41) is 12.5. The number of carbonyl (C=O) groups excluding carboxylic acids is 1. The van der Waals surface area contributed by atoms with Gasteiger partial charge in [-0.2, -0.15) is 5.26 Å². The van der Waals surface area contributed by atoms with Crippen molar-refractivity contribution in [2.45, 2.75) is 52.9 Å². The summed E-state index contributed by atoms with van der Waals surface area (Å²) >= 11 is 0. The Morgan fingerprint density at radius 1 is 1.29 bits per heavy atom. The molecular weight excluding hydrogens is 354 g/mol. The van der Waals surface area contributed by atoms with Gasteiger partial charge in [0.15, 0.2) is 0 Å². The van der Waals surface area contributed by atoms with E-state index >= 15 is 0 Å². The minimum atomic E-state index is -0.738. The van der Waals surface area contributed by atoms with Gasteiger partial charge < -0.3 is 4.74 Å². The molecule has 0 bridgehead atoms. The van der Waals surface area contributed by atoms with Crippen molar-refractivity contribution in [1.82, 2.24) is 9.78 Å². The first-order valence-corrected chi connectivity index (χ1v) is 9.34. The largest absolute Gasteiger partial charge is 0.462 e. The fourth-order valence-corrected chi connectivity index (χ4v) is 2.84. The molecule has 0 spiro atoms. The Labute approximate surface area is 165 Å². The van der Waals surface area contributed by atoms with E-state index in [-0.39, 0.29) is 23.3 Å². The Morgan fingerprint density at radius 2 is 1.89 bits per heavy atom. The second kappa shape index (κ2) is 8.30. The maximum Gasteiger partial charge on any atom is 0.348 e. The van der Waals surface area contributed by atoms with E-state index in [2.05, 4.69) is 18.9 Å². The fourth-order valence-electron chi connectivity index (χ4n) is 2.84. The van der Waals surface area contributed by atoms with Crippen molar-refractivity contribution < 1.29 is 9.53 Å². The third-order valence-corrected chi connectivity index (χ3v) is 4.40. The normalized spacial score (nSPS) is 12.1. The molecule has 0 aliphatic rings.